The van der Waals surface area contributed by atoms with Crippen LogP contribution in [0.2, 0.25) is 0 Å². The Bertz CT molecular complexity index is 978. The van der Waals surface area contributed by atoms with E-state index in [9.17, 15) is 0 Å². The molecule has 0 aliphatic heterocycles. The molecule has 2 aromatic carbocycles. The minimum absolute atomic E-state index is 0.479. The molecule has 0 aliphatic carbocycles. The molecule has 0 saturated carbocycles. The molecular weight excluding hydrogens is 360 g/mol. The van der Waals surface area contributed by atoms with Crippen molar-refractivity contribution in [1.82, 2.24) is 14.8 Å². The Hall–Kier alpha value is -2.98. The van der Waals surface area contributed by atoms with Crippen LogP contribution in [0.4, 0.5) is 0 Å². The average molecular weight is 380 g/mol. The van der Waals surface area contributed by atoms with Crippen molar-refractivity contribution < 1.29 is 9.47 Å². The van der Waals surface area contributed by atoms with Gasteiger partial charge in [0.05, 0.1) is 25.3 Å². The number of ether oxygens (including phenoxy) is 2. The molecule has 6 nitrogen and oxygen atoms in total. The lowest BCUT2D eigenvalue weighted by Crippen LogP contribution is -2.04. The molecule has 0 saturated heterocycles. The topological polar surface area (TPSA) is 73.0 Å². The second-order valence-electron chi connectivity index (χ2n) is 5.88. The summed E-state index contributed by atoms with van der Waals surface area (Å²) in [7, 11) is 1.56. The maximum absolute atomic E-state index is 8.96. The van der Waals surface area contributed by atoms with Gasteiger partial charge in [-0.15, -0.1) is 10.2 Å². The lowest BCUT2D eigenvalue weighted by atomic mass is 10.2. The predicted molar refractivity (Wildman–Crippen MR) is 105 cm³/mol. The minimum Gasteiger partial charge on any atom is -0.493 e. The molecule has 0 radical (unpaired) electrons. The summed E-state index contributed by atoms with van der Waals surface area (Å²) in [6.45, 7) is 4.49. The first-order chi connectivity index (χ1) is 13.1. The van der Waals surface area contributed by atoms with Crippen LogP contribution >= 0.6 is 11.8 Å². The summed E-state index contributed by atoms with van der Waals surface area (Å²) in [4.78, 5) is 0. The Balaban J connectivity index is 1.65. The van der Waals surface area contributed by atoms with E-state index in [-0.39, 0.29) is 0 Å². The van der Waals surface area contributed by atoms with Gasteiger partial charge in [0.25, 0.3) is 0 Å². The van der Waals surface area contributed by atoms with Crippen molar-refractivity contribution in [3.63, 3.8) is 0 Å². The van der Waals surface area contributed by atoms with Crippen molar-refractivity contribution >= 4 is 11.8 Å². The summed E-state index contributed by atoms with van der Waals surface area (Å²) < 4.78 is 13.1. The molecule has 1 heterocycles. The van der Waals surface area contributed by atoms with Crippen LogP contribution in [0.1, 0.15) is 17.0 Å². The molecule has 3 rings (SSSR count). The van der Waals surface area contributed by atoms with E-state index in [0.717, 1.165) is 16.7 Å². The molecule has 0 atom stereocenters. The van der Waals surface area contributed by atoms with Gasteiger partial charge in [-0.25, -0.2) is 0 Å². The lowest BCUT2D eigenvalue weighted by molar-refractivity contribution is 0.313. The van der Waals surface area contributed by atoms with Crippen LogP contribution in [0.3, 0.4) is 0 Å². The number of nitrogens with zero attached hydrogens (tertiary/aromatic N) is 4. The number of nitriles is 1. The Kier molecular flexibility index (Phi) is 5.99. The normalized spacial score (nSPS) is 10.4. The molecule has 0 aliphatic rings. The van der Waals surface area contributed by atoms with Gasteiger partial charge < -0.3 is 9.47 Å². The molecular formula is C20H20N4O2S. The second-order valence-corrected chi connectivity index (χ2v) is 6.94. The zero-order valence-electron chi connectivity index (χ0n) is 15.5. The number of benzene rings is 2. The van der Waals surface area contributed by atoms with Crippen LogP contribution in [-0.2, 0) is 0 Å². The highest BCUT2D eigenvalue weighted by Gasteiger charge is 2.12. The van der Waals surface area contributed by atoms with Crippen LogP contribution in [0.5, 0.6) is 11.5 Å². The fraction of sp³-hybridized carbons (Fsp3) is 0.250. The van der Waals surface area contributed by atoms with Gasteiger partial charge in [-0.2, -0.15) is 5.26 Å². The number of aromatic nitrogens is 3. The highest BCUT2D eigenvalue weighted by atomic mass is 32.2. The van der Waals surface area contributed by atoms with Crippen LogP contribution in [-0.4, -0.2) is 34.2 Å². The van der Waals surface area contributed by atoms with E-state index in [1.807, 2.05) is 23.6 Å². The number of rotatable bonds is 7. The van der Waals surface area contributed by atoms with E-state index in [1.165, 1.54) is 5.56 Å². The van der Waals surface area contributed by atoms with Crippen molar-refractivity contribution in [2.45, 2.75) is 19.0 Å². The molecule has 0 bridgehead atoms. The molecule has 3 aromatic rings. The standard InChI is InChI=1S/C20H20N4O2S/c1-14-5-4-6-17(11-14)24-15(2)22-23-20(24)27-10-9-26-18-8-7-16(13-21)12-19(18)25-3/h4-8,11-12H,9-10H2,1-3H3. The molecule has 7 heteroatoms. The minimum atomic E-state index is 0.479. The molecule has 0 spiro atoms. The van der Waals surface area contributed by atoms with Crippen molar-refractivity contribution in [2.75, 3.05) is 19.5 Å². The first kappa shape index (κ1) is 18.8. The van der Waals surface area contributed by atoms with Gasteiger partial charge in [0, 0.05) is 17.5 Å². The largest absolute Gasteiger partial charge is 0.493 e. The van der Waals surface area contributed by atoms with Gasteiger partial charge >= 0.3 is 0 Å². The molecule has 1 aromatic heterocycles. The first-order valence-corrected chi connectivity index (χ1v) is 9.43. The highest BCUT2D eigenvalue weighted by Crippen LogP contribution is 2.28. The van der Waals surface area contributed by atoms with Gasteiger partial charge in [-0.1, -0.05) is 23.9 Å². The number of hydrogen-bond acceptors (Lipinski definition) is 6. The molecule has 27 heavy (non-hydrogen) atoms. The van der Waals surface area contributed by atoms with Crippen LogP contribution < -0.4 is 9.47 Å². The predicted octanol–water partition coefficient (Wildman–Crippen LogP) is 3.94. The second kappa shape index (κ2) is 8.60. The fourth-order valence-electron chi connectivity index (χ4n) is 2.64. The zero-order valence-corrected chi connectivity index (χ0v) is 16.3. The van der Waals surface area contributed by atoms with Crippen LogP contribution in [0, 0.1) is 25.2 Å². The Labute approximate surface area is 162 Å². The monoisotopic (exact) mass is 380 g/mol. The van der Waals surface area contributed by atoms with E-state index in [1.54, 1.807) is 37.1 Å². The van der Waals surface area contributed by atoms with E-state index in [4.69, 9.17) is 14.7 Å². The van der Waals surface area contributed by atoms with E-state index in [2.05, 4.69) is 35.3 Å². The Morgan fingerprint density at radius 1 is 1.11 bits per heavy atom. The third-order valence-corrected chi connectivity index (χ3v) is 4.81. The van der Waals surface area contributed by atoms with Crippen LogP contribution in [0.25, 0.3) is 5.69 Å². The molecule has 138 valence electrons. The summed E-state index contributed by atoms with van der Waals surface area (Å²) in [6.07, 6.45) is 0. The van der Waals surface area contributed by atoms with E-state index >= 15 is 0 Å². The van der Waals surface area contributed by atoms with Gasteiger partial charge in [0.1, 0.15) is 5.82 Å². The smallest absolute Gasteiger partial charge is 0.195 e. The number of hydrogen-bond donors (Lipinski definition) is 0. The zero-order chi connectivity index (χ0) is 19.2. The summed E-state index contributed by atoms with van der Waals surface area (Å²) in [5, 5.41) is 18.3. The van der Waals surface area contributed by atoms with Gasteiger partial charge in [0.2, 0.25) is 0 Å². The summed E-state index contributed by atoms with van der Waals surface area (Å²) in [6, 6.07) is 15.5. The summed E-state index contributed by atoms with van der Waals surface area (Å²) in [5.41, 5.74) is 2.78. The average Bonchev–Trinajstić information content (AvgIpc) is 3.05. The summed E-state index contributed by atoms with van der Waals surface area (Å²) >= 11 is 1.58. The molecule has 0 unspecified atom stereocenters. The third-order valence-electron chi connectivity index (χ3n) is 3.92. The molecule has 0 fully saturated rings. The van der Waals surface area contributed by atoms with Crippen molar-refractivity contribution in [3.05, 3.63) is 59.4 Å². The maximum atomic E-state index is 8.96. The Morgan fingerprint density at radius 3 is 2.70 bits per heavy atom. The number of thioether (sulfide) groups is 1. The molecule has 0 N–H and O–H groups in total. The van der Waals surface area contributed by atoms with Gasteiger partial charge in [-0.3, -0.25) is 4.57 Å². The van der Waals surface area contributed by atoms with Crippen molar-refractivity contribution in [1.29, 1.82) is 5.26 Å². The van der Waals surface area contributed by atoms with Crippen molar-refractivity contribution in [2.24, 2.45) is 0 Å². The van der Waals surface area contributed by atoms with E-state index in [0.29, 0.717) is 29.4 Å². The lowest BCUT2D eigenvalue weighted by Gasteiger charge is -2.11. The van der Waals surface area contributed by atoms with Crippen molar-refractivity contribution in [3.8, 4) is 23.3 Å². The SMILES string of the molecule is COc1cc(C#N)ccc1OCCSc1nnc(C)n1-c1cccc(C)c1. The first-order valence-electron chi connectivity index (χ1n) is 8.45. The van der Waals surface area contributed by atoms with Gasteiger partial charge in [0.15, 0.2) is 16.7 Å². The van der Waals surface area contributed by atoms with Gasteiger partial charge in [-0.05, 0) is 43.7 Å². The quantitative estimate of drug-likeness (QED) is 0.457. The summed E-state index contributed by atoms with van der Waals surface area (Å²) in [5.74, 6) is 2.72. The number of aryl methyl sites for hydroxylation is 2. The number of methoxy groups -OCH3 is 1. The maximum Gasteiger partial charge on any atom is 0.195 e. The molecule has 0 amide bonds. The van der Waals surface area contributed by atoms with E-state index < -0.39 is 0 Å². The Morgan fingerprint density at radius 2 is 1.96 bits per heavy atom. The van der Waals surface area contributed by atoms with Crippen LogP contribution in [0.15, 0.2) is 47.6 Å². The highest BCUT2D eigenvalue weighted by molar-refractivity contribution is 7.99. The third kappa shape index (κ3) is 4.41. The fourth-order valence-corrected chi connectivity index (χ4v) is 3.46.